The third-order valence-corrected chi connectivity index (χ3v) is 8.42. The molecule has 2 aromatic rings. The maximum absolute atomic E-state index is 2.54. The van der Waals surface area contributed by atoms with Crippen LogP contribution in [-0.2, 0) is 10.8 Å². The Morgan fingerprint density at radius 1 is 0.731 bits per heavy atom. The largest absolute Gasteiger partial charge is 0.0619 e. The molecule has 1 spiro atoms. The monoisotopic (exact) mass is 342 g/mol. The molecule has 0 N–H and O–H groups in total. The molecular formula is C26H30. The van der Waals surface area contributed by atoms with Gasteiger partial charge in [-0.1, -0.05) is 63.2 Å². The fourth-order valence-corrected chi connectivity index (χ4v) is 7.63. The molecule has 0 heterocycles. The maximum Gasteiger partial charge on any atom is 0.0271 e. The molecule has 5 aliphatic carbocycles. The first-order chi connectivity index (χ1) is 12.5. The summed E-state index contributed by atoms with van der Waals surface area (Å²) in [4.78, 5) is 0. The highest BCUT2D eigenvalue weighted by Crippen LogP contribution is 2.69. The van der Waals surface area contributed by atoms with Gasteiger partial charge < -0.3 is 0 Å². The summed E-state index contributed by atoms with van der Waals surface area (Å²) in [6.45, 7) is 7.02. The molecule has 5 aliphatic rings. The van der Waals surface area contributed by atoms with Crippen LogP contribution in [0.2, 0.25) is 0 Å². The molecule has 26 heavy (non-hydrogen) atoms. The Balaban J connectivity index is 1.63. The summed E-state index contributed by atoms with van der Waals surface area (Å²) >= 11 is 0. The minimum Gasteiger partial charge on any atom is -0.0619 e. The van der Waals surface area contributed by atoms with Crippen molar-refractivity contribution in [2.24, 2.45) is 23.7 Å². The lowest BCUT2D eigenvalue weighted by Gasteiger charge is -2.61. The number of hydrogen-bond acceptors (Lipinski definition) is 0. The van der Waals surface area contributed by atoms with E-state index in [4.69, 9.17) is 0 Å². The second-order valence-corrected chi connectivity index (χ2v) is 10.7. The Morgan fingerprint density at radius 2 is 1.35 bits per heavy atom. The zero-order chi connectivity index (χ0) is 17.7. The summed E-state index contributed by atoms with van der Waals surface area (Å²) in [5.74, 6) is 3.80. The Morgan fingerprint density at radius 3 is 2.00 bits per heavy atom. The van der Waals surface area contributed by atoms with E-state index in [0.29, 0.717) is 5.41 Å². The summed E-state index contributed by atoms with van der Waals surface area (Å²) < 4.78 is 0. The molecule has 0 heteroatoms. The molecule has 0 atom stereocenters. The fourth-order valence-electron chi connectivity index (χ4n) is 7.63. The highest BCUT2D eigenvalue weighted by molar-refractivity contribution is 5.82. The lowest BCUT2D eigenvalue weighted by atomic mass is 9.43. The van der Waals surface area contributed by atoms with E-state index in [9.17, 15) is 0 Å². The predicted molar refractivity (Wildman–Crippen MR) is 108 cm³/mol. The van der Waals surface area contributed by atoms with Crippen LogP contribution in [0.4, 0.5) is 0 Å². The van der Waals surface area contributed by atoms with Crippen LogP contribution in [-0.4, -0.2) is 0 Å². The number of fused-ring (bicyclic) bond motifs is 3. The third kappa shape index (κ3) is 1.77. The van der Waals surface area contributed by atoms with E-state index in [0.717, 1.165) is 23.7 Å². The van der Waals surface area contributed by atoms with Crippen LogP contribution in [0.15, 0.2) is 42.5 Å². The summed E-state index contributed by atoms with van der Waals surface area (Å²) in [5.41, 5.74) is 8.48. The Bertz CT molecular complexity index is 866. The van der Waals surface area contributed by atoms with Crippen LogP contribution in [0.25, 0.3) is 11.1 Å². The second kappa shape index (κ2) is 4.83. The Labute approximate surface area is 158 Å². The van der Waals surface area contributed by atoms with Gasteiger partial charge in [-0.2, -0.15) is 0 Å². The van der Waals surface area contributed by atoms with Crippen molar-refractivity contribution in [2.45, 2.75) is 63.7 Å². The molecule has 4 fully saturated rings. The Kier molecular flexibility index (Phi) is 2.88. The zero-order valence-electron chi connectivity index (χ0n) is 16.4. The van der Waals surface area contributed by atoms with Crippen molar-refractivity contribution >= 4 is 0 Å². The van der Waals surface area contributed by atoms with Gasteiger partial charge in [-0.05, 0) is 89.0 Å². The van der Waals surface area contributed by atoms with E-state index >= 15 is 0 Å². The molecule has 0 aromatic heterocycles. The number of hydrogen-bond donors (Lipinski definition) is 0. The van der Waals surface area contributed by atoms with Crippen LogP contribution in [0.3, 0.4) is 0 Å². The van der Waals surface area contributed by atoms with E-state index in [1.165, 1.54) is 37.7 Å². The van der Waals surface area contributed by atoms with Crippen LogP contribution < -0.4 is 0 Å². The molecule has 0 saturated heterocycles. The lowest BCUT2D eigenvalue weighted by molar-refractivity contribution is -0.0399. The lowest BCUT2D eigenvalue weighted by Crippen LogP contribution is -2.55. The van der Waals surface area contributed by atoms with Crippen molar-refractivity contribution < 1.29 is 0 Å². The molecule has 7 rings (SSSR count). The van der Waals surface area contributed by atoms with Gasteiger partial charge in [-0.25, -0.2) is 0 Å². The quantitative estimate of drug-likeness (QED) is 0.499. The van der Waals surface area contributed by atoms with E-state index < -0.39 is 0 Å². The average Bonchev–Trinajstić information content (AvgIpc) is 2.89. The van der Waals surface area contributed by atoms with Crippen molar-refractivity contribution in [3.63, 3.8) is 0 Å². The molecule has 4 saturated carbocycles. The van der Waals surface area contributed by atoms with Gasteiger partial charge in [0.05, 0.1) is 0 Å². The van der Waals surface area contributed by atoms with Crippen LogP contribution in [0.5, 0.6) is 0 Å². The van der Waals surface area contributed by atoms with Crippen LogP contribution >= 0.6 is 0 Å². The SMILES string of the molecule is CC(C)(C)c1ccc2c(c1)-c1ccccc1C21C2CC3CC(C2)CC1C3. The minimum atomic E-state index is 0.212. The van der Waals surface area contributed by atoms with Gasteiger partial charge in [0.2, 0.25) is 0 Å². The van der Waals surface area contributed by atoms with Crippen LogP contribution in [0.1, 0.15) is 69.6 Å². The van der Waals surface area contributed by atoms with Gasteiger partial charge >= 0.3 is 0 Å². The molecule has 0 aliphatic heterocycles. The maximum atomic E-state index is 2.54. The molecular weight excluding hydrogens is 312 g/mol. The first-order valence-corrected chi connectivity index (χ1v) is 10.7. The zero-order valence-corrected chi connectivity index (χ0v) is 16.4. The molecule has 134 valence electrons. The van der Waals surface area contributed by atoms with E-state index in [1.54, 1.807) is 22.3 Å². The highest BCUT2D eigenvalue weighted by atomic mass is 14.6. The molecule has 0 amide bonds. The van der Waals surface area contributed by atoms with E-state index in [2.05, 4.69) is 63.2 Å². The van der Waals surface area contributed by atoms with Crippen LogP contribution in [0, 0.1) is 23.7 Å². The Hall–Kier alpha value is -1.56. The highest BCUT2D eigenvalue weighted by Gasteiger charge is 2.61. The van der Waals surface area contributed by atoms with Crippen molar-refractivity contribution in [3.8, 4) is 11.1 Å². The van der Waals surface area contributed by atoms with E-state index in [1.807, 2.05) is 0 Å². The topological polar surface area (TPSA) is 0 Å². The number of benzene rings is 2. The van der Waals surface area contributed by atoms with Crippen molar-refractivity contribution in [3.05, 3.63) is 59.2 Å². The van der Waals surface area contributed by atoms with Gasteiger partial charge in [-0.15, -0.1) is 0 Å². The molecule has 0 radical (unpaired) electrons. The molecule has 0 unspecified atom stereocenters. The minimum absolute atomic E-state index is 0.212. The van der Waals surface area contributed by atoms with E-state index in [-0.39, 0.29) is 5.41 Å². The molecule has 4 bridgehead atoms. The van der Waals surface area contributed by atoms with Crippen molar-refractivity contribution in [2.75, 3.05) is 0 Å². The van der Waals surface area contributed by atoms with Gasteiger partial charge in [0, 0.05) is 5.41 Å². The normalized spacial score (nSPS) is 36.4. The first-order valence-electron chi connectivity index (χ1n) is 10.7. The summed E-state index contributed by atoms with van der Waals surface area (Å²) in [7, 11) is 0. The standard InChI is InChI=1S/C26H30/c1-25(2,3)18-8-9-24-22(15-18)21-6-4-5-7-23(21)26(24)19-11-16-10-17(13-19)14-20(26)12-16/h4-9,15-17,19-20H,10-14H2,1-3H3. The summed E-state index contributed by atoms with van der Waals surface area (Å²) in [6.07, 6.45) is 7.42. The molecule has 0 nitrogen and oxygen atoms in total. The van der Waals surface area contributed by atoms with Crippen molar-refractivity contribution in [1.82, 2.24) is 0 Å². The van der Waals surface area contributed by atoms with Gasteiger partial charge in [0.15, 0.2) is 0 Å². The van der Waals surface area contributed by atoms with Gasteiger partial charge in [0.1, 0.15) is 0 Å². The smallest absolute Gasteiger partial charge is 0.0271 e. The summed E-state index contributed by atoms with van der Waals surface area (Å²) in [5, 5.41) is 0. The fraction of sp³-hybridized carbons (Fsp3) is 0.538. The third-order valence-electron chi connectivity index (χ3n) is 8.42. The summed E-state index contributed by atoms with van der Waals surface area (Å²) in [6, 6.07) is 16.9. The van der Waals surface area contributed by atoms with Gasteiger partial charge in [0.25, 0.3) is 0 Å². The van der Waals surface area contributed by atoms with Crippen molar-refractivity contribution in [1.29, 1.82) is 0 Å². The predicted octanol–water partition coefficient (Wildman–Crippen LogP) is 6.71. The average molecular weight is 343 g/mol. The first kappa shape index (κ1) is 15.5. The molecule has 2 aromatic carbocycles. The second-order valence-electron chi connectivity index (χ2n) is 10.7. The number of rotatable bonds is 0. The van der Waals surface area contributed by atoms with Gasteiger partial charge in [-0.3, -0.25) is 0 Å².